The summed E-state index contributed by atoms with van der Waals surface area (Å²) in [6, 6.07) is 3.67. The van der Waals surface area contributed by atoms with Gasteiger partial charge in [-0.25, -0.2) is 0 Å². The summed E-state index contributed by atoms with van der Waals surface area (Å²) in [5.74, 6) is 1.26. The van der Waals surface area contributed by atoms with Gasteiger partial charge in [0.05, 0.1) is 4.91 Å². The fourth-order valence-electron chi connectivity index (χ4n) is 1.97. The van der Waals surface area contributed by atoms with Crippen molar-refractivity contribution in [3.63, 3.8) is 0 Å². The van der Waals surface area contributed by atoms with Gasteiger partial charge in [-0.1, -0.05) is 46.0 Å². The van der Waals surface area contributed by atoms with E-state index in [2.05, 4.69) is 22.5 Å². The van der Waals surface area contributed by atoms with Gasteiger partial charge in [-0.05, 0) is 23.8 Å². The van der Waals surface area contributed by atoms with Crippen LogP contribution in [0, 0.1) is 0 Å². The van der Waals surface area contributed by atoms with Crippen molar-refractivity contribution in [2.75, 3.05) is 13.3 Å². The summed E-state index contributed by atoms with van der Waals surface area (Å²) in [7, 11) is 0. The highest BCUT2D eigenvalue weighted by Crippen LogP contribution is 2.39. The lowest BCUT2D eigenvalue weighted by atomic mass is 10.2. The molecule has 0 N–H and O–H groups in total. The van der Waals surface area contributed by atoms with Gasteiger partial charge in [0.2, 0.25) is 6.79 Å². The predicted octanol–water partition coefficient (Wildman–Crippen LogP) is 3.57. The summed E-state index contributed by atoms with van der Waals surface area (Å²) < 4.78 is 12.0. The Morgan fingerprint density at radius 1 is 1.43 bits per heavy atom. The van der Waals surface area contributed by atoms with Crippen LogP contribution in [-0.2, 0) is 4.79 Å². The quantitative estimate of drug-likeness (QED) is 0.453. The highest BCUT2D eigenvalue weighted by Gasteiger charge is 2.31. The average molecular weight is 384 g/mol. The zero-order valence-corrected chi connectivity index (χ0v) is 14.0. The lowest BCUT2D eigenvalue weighted by molar-refractivity contribution is -0.121. The molecule has 1 fully saturated rings. The molecule has 0 aliphatic carbocycles. The van der Waals surface area contributed by atoms with Crippen molar-refractivity contribution in [3.05, 3.63) is 39.7 Å². The van der Waals surface area contributed by atoms with Gasteiger partial charge < -0.3 is 9.47 Å². The second-order valence-corrected chi connectivity index (χ2v) is 6.84. The minimum atomic E-state index is -0.102. The van der Waals surface area contributed by atoms with E-state index in [4.69, 9.17) is 21.7 Å². The van der Waals surface area contributed by atoms with Crippen LogP contribution >= 0.6 is 39.9 Å². The number of thioether (sulfide) groups is 1. The molecule has 21 heavy (non-hydrogen) atoms. The molecule has 2 heterocycles. The van der Waals surface area contributed by atoms with Crippen LogP contribution in [0.4, 0.5) is 0 Å². The zero-order valence-electron chi connectivity index (χ0n) is 10.8. The number of rotatable bonds is 3. The molecular weight excluding hydrogens is 374 g/mol. The Morgan fingerprint density at radius 3 is 2.86 bits per heavy atom. The SMILES string of the molecule is C=CCN1C(=O)/C(=C\c2cc3c(cc2Br)OCO3)SC1=S. The molecule has 2 aliphatic rings. The van der Waals surface area contributed by atoms with Gasteiger partial charge in [0.25, 0.3) is 5.91 Å². The van der Waals surface area contributed by atoms with Crippen LogP contribution in [-0.4, -0.2) is 28.5 Å². The third-order valence-electron chi connectivity index (χ3n) is 2.96. The van der Waals surface area contributed by atoms with Gasteiger partial charge in [0, 0.05) is 11.0 Å². The minimum Gasteiger partial charge on any atom is -0.454 e. The van der Waals surface area contributed by atoms with Crippen molar-refractivity contribution >= 4 is 56.2 Å². The molecule has 0 unspecified atom stereocenters. The van der Waals surface area contributed by atoms with Crippen LogP contribution in [0.15, 0.2) is 34.2 Å². The number of benzene rings is 1. The first kappa shape index (κ1) is 14.6. The van der Waals surface area contributed by atoms with E-state index < -0.39 is 0 Å². The summed E-state index contributed by atoms with van der Waals surface area (Å²) in [6.45, 7) is 4.27. The molecule has 1 aromatic carbocycles. The van der Waals surface area contributed by atoms with Gasteiger partial charge in [0.15, 0.2) is 11.5 Å². The van der Waals surface area contributed by atoms with E-state index in [1.807, 2.05) is 12.1 Å². The summed E-state index contributed by atoms with van der Waals surface area (Å²) in [6.07, 6.45) is 3.46. The molecule has 4 nitrogen and oxygen atoms in total. The number of carbonyl (C=O) groups excluding carboxylic acids is 1. The van der Waals surface area contributed by atoms with Crippen LogP contribution in [0.1, 0.15) is 5.56 Å². The largest absolute Gasteiger partial charge is 0.454 e. The van der Waals surface area contributed by atoms with Crippen molar-refractivity contribution in [1.82, 2.24) is 4.90 Å². The molecule has 0 bridgehead atoms. The van der Waals surface area contributed by atoms with Crippen LogP contribution < -0.4 is 9.47 Å². The molecule has 7 heteroatoms. The van der Waals surface area contributed by atoms with Gasteiger partial charge >= 0.3 is 0 Å². The first-order chi connectivity index (χ1) is 10.1. The normalized spacial score (nSPS) is 18.7. The van der Waals surface area contributed by atoms with Crippen molar-refractivity contribution in [1.29, 1.82) is 0 Å². The molecule has 0 radical (unpaired) electrons. The maximum absolute atomic E-state index is 12.3. The fraction of sp³-hybridized carbons (Fsp3) is 0.143. The van der Waals surface area contributed by atoms with E-state index >= 15 is 0 Å². The highest BCUT2D eigenvalue weighted by atomic mass is 79.9. The first-order valence-electron chi connectivity index (χ1n) is 6.05. The summed E-state index contributed by atoms with van der Waals surface area (Å²) in [4.78, 5) is 14.4. The van der Waals surface area contributed by atoms with Crippen molar-refractivity contribution < 1.29 is 14.3 Å². The number of carbonyl (C=O) groups is 1. The number of hydrogen-bond acceptors (Lipinski definition) is 5. The Balaban J connectivity index is 1.94. The van der Waals surface area contributed by atoms with Crippen LogP contribution in [0.2, 0.25) is 0 Å². The van der Waals surface area contributed by atoms with Crippen LogP contribution in [0.25, 0.3) is 6.08 Å². The topological polar surface area (TPSA) is 38.8 Å². The maximum atomic E-state index is 12.3. The fourth-order valence-corrected chi connectivity index (χ4v) is 3.67. The Bertz CT molecular complexity index is 687. The summed E-state index contributed by atoms with van der Waals surface area (Å²) >= 11 is 9.97. The van der Waals surface area contributed by atoms with Crippen LogP contribution in [0.5, 0.6) is 11.5 Å². The number of nitrogens with zero attached hydrogens (tertiary/aromatic N) is 1. The van der Waals surface area contributed by atoms with E-state index in [0.29, 0.717) is 27.3 Å². The summed E-state index contributed by atoms with van der Waals surface area (Å²) in [5.41, 5.74) is 0.846. The molecule has 2 aliphatic heterocycles. The van der Waals surface area contributed by atoms with Crippen molar-refractivity contribution in [2.24, 2.45) is 0 Å². The second-order valence-electron chi connectivity index (χ2n) is 4.31. The summed E-state index contributed by atoms with van der Waals surface area (Å²) in [5, 5.41) is 0. The number of ether oxygens (including phenoxy) is 2. The number of thiocarbonyl (C=S) groups is 1. The number of amides is 1. The second kappa shape index (κ2) is 5.82. The molecule has 1 saturated heterocycles. The molecule has 0 saturated carbocycles. The van der Waals surface area contributed by atoms with Crippen LogP contribution in [0.3, 0.4) is 0 Å². The smallest absolute Gasteiger partial charge is 0.266 e. The average Bonchev–Trinajstić information content (AvgIpc) is 2.99. The zero-order chi connectivity index (χ0) is 15.0. The number of fused-ring (bicyclic) bond motifs is 1. The van der Waals surface area contributed by atoms with Crippen molar-refractivity contribution in [3.8, 4) is 11.5 Å². The lowest BCUT2D eigenvalue weighted by Crippen LogP contribution is -2.27. The molecule has 0 atom stereocenters. The molecule has 1 aromatic rings. The molecule has 0 aromatic heterocycles. The standard InChI is InChI=1S/C14H10BrNO3S2/c1-2-3-16-13(17)12(21-14(16)20)5-8-4-10-11(6-9(8)15)19-7-18-10/h2,4-6H,1,3,7H2/b12-5+. The van der Waals surface area contributed by atoms with Gasteiger partial charge in [0.1, 0.15) is 4.32 Å². The molecule has 1 amide bonds. The third kappa shape index (κ3) is 2.73. The molecular formula is C14H10BrNO3S2. The molecule has 108 valence electrons. The lowest BCUT2D eigenvalue weighted by Gasteiger charge is -2.10. The van der Waals surface area contributed by atoms with E-state index in [1.165, 1.54) is 16.7 Å². The Morgan fingerprint density at radius 2 is 2.14 bits per heavy atom. The monoisotopic (exact) mass is 383 g/mol. The first-order valence-corrected chi connectivity index (χ1v) is 8.07. The van der Waals surface area contributed by atoms with E-state index in [9.17, 15) is 4.79 Å². The van der Waals surface area contributed by atoms with Gasteiger partial charge in [-0.15, -0.1) is 6.58 Å². The Kier molecular flexibility index (Phi) is 4.05. The predicted molar refractivity (Wildman–Crippen MR) is 90.3 cm³/mol. The third-order valence-corrected chi connectivity index (χ3v) is 5.03. The maximum Gasteiger partial charge on any atom is 0.266 e. The van der Waals surface area contributed by atoms with Gasteiger partial charge in [-0.2, -0.15) is 0 Å². The Hall–Kier alpha value is -1.31. The Labute approximate surface area is 139 Å². The number of halogens is 1. The van der Waals surface area contributed by atoms with E-state index in [0.717, 1.165) is 10.0 Å². The van der Waals surface area contributed by atoms with Gasteiger partial charge in [-0.3, -0.25) is 9.69 Å². The molecule has 3 rings (SSSR count). The van der Waals surface area contributed by atoms with E-state index in [1.54, 1.807) is 12.2 Å². The highest BCUT2D eigenvalue weighted by molar-refractivity contribution is 9.10. The number of hydrogen-bond donors (Lipinski definition) is 0. The molecule has 0 spiro atoms. The van der Waals surface area contributed by atoms with E-state index in [-0.39, 0.29) is 12.7 Å². The minimum absolute atomic E-state index is 0.102. The van der Waals surface area contributed by atoms with Crippen molar-refractivity contribution in [2.45, 2.75) is 0 Å².